The Bertz CT molecular complexity index is 1340. The van der Waals surface area contributed by atoms with Crippen molar-refractivity contribution in [1.82, 2.24) is 0 Å². The molecule has 0 aromatic heterocycles. The van der Waals surface area contributed by atoms with Gasteiger partial charge in [0.1, 0.15) is 0 Å². The van der Waals surface area contributed by atoms with E-state index in [0.29, 0.717) is 0 Å². The molecule has 0 heterocycles. The summed E-state index contributed by atoms with van der Waals surface area (Å²) in [7, 11) is 0. The zero-order valence-electron chi connectivity index (χ0n) is 21.4. The molecule has 0 spiro atoms. The SMILES string of the molecule is Cc1ccc(N(c2ccc(N(c3ccc(C)cc3)c3cccc(C)c3)cc2)c2cccc(C)c2)cc1. The molecule has 0 saturated carbocycles. The Labute approximate surface area is 215 Å². The van der Waals surface area contributed by atoms with Crippen LogP contribution in [0.3, 0.4) is 0 Å². The second-order valence-corrected chi connectivity index (χ2v) is 9.54. The fourth-order valence-electron chi connectivity index (χ4n) is 4.57. The molecule has 5 rings (SSSR count). The zero-order chi connectivity index (χ0) is 25.1. The van der Waals surface area contributed by atoms with Crippen molar-refractivity contribution < 1.29 is 0 Å². The largest absolute Gasteiger partial charge is 0.310 e. The lowest BCUT2D eigenvalue weighted by Crippen LogP contribution is -2.12. The lowest BCUT2D eigenvalue weighted by Gasteiger charge is -2.28. The van der Waals surface area contributed by atoms with Gasteiger partial charge in [-0.3, -0.25) is 0 Å². The Morgan fingerprint density at radius 3 is 0.917 bits per heavy atom. The first kappa shape index (κ1) is 23.4. The van der Waals surface area contributed by atoms with Crippen LogP contribution in [0.2, 0.25) is 0 Å². The number of hydrogen-bond donors (Lipinski definition) is 0. The fourth-order valence-corrected chi connectivity index (χ4v) is 4.57. The summed E-state index contributed by atoms with van der Waals surface area (Å²) in [5, 5.41) is 0. The Kier molecular flexibility index (Phi) is 6.60. The summed E-state index contributed by atoms with van der Waals surface area (Å²) in [6.45, 7) is 8.53. The van der Waals surface area contributed by atoms with Gasteiger partial charge >= 0.3 is 0 Å². The summed E-state index contributed by atoms with van der Waals surface area (Å²) < 4.78 is 0. The van der Waals surface area contributed by atoms with Gasteiger partial charge in [0.2, 0.25) is 0 Å². The maximum Gasteiger partial charge on any atom is 0.0464 e. The molecule has 0 radical (unpaired) electrons. The number of benzene rings is 5. The normalized spacial score (nSPS) is 10.8. The second kappa shape index (κ2) is 10.1. The molecule has 0 aliphatic rings. The highest BCUT2D eigenvalue weighted by atomic mass is 15.2. The van der Waals surface area contributed by atoms with Gasteiger partial charge in [-0.25, -0.2) is 0 Å². The Morgan fingerprint density at radius 2 is 0.611 bits per heavy atom. The number of anilines is 6. The van der Waals surface area contributed by atoms with Crippen molar-refractivity contribution in [3.05, 3.63) is 144 Å². The fraction of sp³-hybridized carbons (Fsp3) is 0.118. The van der Waals surface area contributed by atoms with E-state index in [2.05, 4.69) is 159 Å². The third-order valence-corrected chi connectivity index (χ3v) is 6.47. The van der Waals surface area contributed by atoms with Crippen LogP contribution in [0, 0.1) is 27.7 Å². The minimum Gasteiger partial charge on any atom is -0.310 e. The molecule has 0 aliphatic heterocycles. The van der Waals surface area contributed by atoms with Gasteiger partial charge in [0.05, 0.1) is 0 Å². The molecular weight excluding hydrogens is 436 g/mol. The highest BCUT2D eigenvalue weighted by Gasteiger charge is 2.16. The summed E-state index contributed by atoms with van der Waals surface area (Å²) in [6.07, 6.45) is 0. The molecule has 0 amide bonds. The van der Waals surface area contributed by atoms with E-state index in [1.165, 1.54) is 22.3 Å². The van der Waals surface area contributed by atoms with Crippen LogP contribution >= 0.6 is 0 Å². The number of rotatable bonds is 6. The molecule has 36 heavy (non-hydrogen) atoms. The predicted molar refractivity (Wildman–Crippen MR) is 155 cm³/mol. The van der Waals surface area contributed by atoms with Gasteiger partial charge in [0, 0.05) is 34.1 Å². The molecule has 0 saturated heterocycles. The van der Waals surface area contributed by atoms with E-state index in [0.717, 1.165) is 34.1 Å². The topological polar surface area (TPSA) is 6.48 Å². The molecule has 0 N–H and O–H groups in total. The van der Waals surface area contributed by atoms with Crippen LogP contribution in [0.5, 0.6) is 0 Å². The molecule has 5 aromatic carbocycles. The molecule has 2 heteroatoms. The van der Waals surface area contributed by atoms with E-state index >= 15 is 0 Å². The van der Waals surface area contributed by atoms with E-state index in [4.69, 9.17) is 0 Å². The van der Waals surface area contributed by atoms with Crippen LogP contribution in [0.4, 0.5) is 34.1 Å². The van der Waals surface area contributed by atoms with E-state index in [1.54, 1.807) is 0 Å². The van der Waals surface area contributed by atoms with Crippen molar-refractivity contribution in [3.63, 3.8) is 0 Å². The molecule has 0 atom stereocenters. The Hall–Kier alpha value is -4.30. The average molecular weight is 469 g/mol. The quantitative estimate of drug-likeness (QED) is 0.245. The van der Waals surface area contributed by atoms with Gasteiger partial charge in [-0.2, -0.15) is 0 Å². The highest BCUT2D eigenvalue weighted by Crippen LogP contribution is 2.39. The Morgan fingerprint density at radius 1 is 0.306 bits per heavy atom. The van der Waals surface area contributed by atoms with Gasteiger partial charge in [0.25, 0.3) is 0 Å². The molecule has 5 aromatic rings. The lowest BCUT2D eigenvalue weighted by molar-refractivity contribution is 1.24. The molecule has 0 aliphatic carbocycles. The summed E-state index contributed by atoms with van der Waals surface area (Å²) in [5.74, 6) is 0. The van der Waals surface area contributed by atoms with Gasteiger partial charge < -0.3 is 9.80 Å². The molecule has 0 bridgehead atoms. The highest BCUT2D eigenvalue weighted by molar-refractivity contribution is 5.81. The van der Waals surface area contributed by atoms with Crippen LogP contribution < -0.4 is 9.80 Å². The minimum atomic E-state index is 1.13. The van der Waals surface area contributed by atoms with Crippen LogP contribution in [0.15, 0.2) is 121 Å². The smallest absolute Gasteiger partial charge is 0.0464 e. The van der Waals surface area contributed by atoms with Crippen LogP contribution in [0.1, 0.15) is 22.3 Å². The van der Waals surface area contributed by atoms with E-state index in [-0.39, 0.29) is 0 Å². The third-order valence-electron chi connectivity index (χ3n) is 6.47. The zero-order valence-corrected chi connectivity index (χ0v) is 21.4. The first-order valence-corrected chi connectivity index (χ1v) is 12.4. The Balaban J connectivity index is 1.59. The van der Waals surface area contributed by atoms with Crippen LogP contribution in [-0.4, -0.2) is 0 Å². The number of nitrogens with zero attached hydrogens (tertiary/aromatic N) is 2. The van der Waals surface area contributed by atoms with Gasteiger partial charge in [-0.1, -0.05) is 59.7 Å². The maximum atomic E-state index is 2.32. The summed E-state index contributed by atoms with van der Waals surface area (Å²) in [6, 6.07) is 43.7. The number of aryl methyl sites for hydroxylation is 4. The van der Waals surface area contributed by atoms with Crippen molar-refractivity contribution in [2.24, 2.45) is 0 Å². The first-order valence-electron chi connectivity index (χ1n) is 12.4. The lowest BCUT2D eigenvalue weighted by atomic mass is 10.1. The first-order chi connectivity index (χ1) is 17.5. The van der Waals surface area contributed by atoms with Gasteiger partial charge in [-0.15, -0.1) is 0 Å². The van der Waals surface area contributed by atoms with E-state index in [9.17, 15) is 0 Å². The van der Waals surface area contributed by atoms with Crippen molar-refractivity contribution in [2.45, 2.75) is 27.7 Å². The summed E-state index contributed by atoms with van der Waals surface area (Å²) in [5.41, 5.74) is 11.8. The van der Waals surface area contributed by atoms with E-state index in [1.807, 2.05) is 0 Å². The molecule has 2 nitrogen and oxygen atoms in total. The molecule has 0 unspecified atom stereocenters. The second-order valence-electron chi connectivity index (χ2n) is 9.54. The van der Waals surface area contributed by atoms with Crippen molar-refractivity contribution in [2.75, 3.05) is 9.80 Å². The number of hydrogen-bond acceptors (Lipinski definition) is 2. The molecular formula is C34H32N2. The van der Waals surface area contributed by atoms with Gasteiger partial charge in [-0.05, 0) is 112 Å². The summed E-state index contributed by atoms with van der Waals surface area (Å²) >= 11 is 0. The maximum absolute atomic E-state index is 2.32. The van der Waals surface area contributed by atoms with E-state index < -0.39 is 0 Å². The average Bonchev–Trinajstić information content (AvgIpc) is 2.88. The van der Waals surface area contributed by atoms with Crippen LogP contribution in [0.25, 0.3) is 0 Å². The van der Waals surface area contributed by atoms with Crippen molar-refractivity contribution in [3.8, 4) is 0 Å². The predicted octanol–water partition coefficient (Wildman–Crippen LogP) is 9.86. The monoisotopic (exact) mass is 468 g/mol. The third kappa shape index (κ3) is 5.04. The molecule has 0 fully saturated rings. The standard InChI is InChI=1S/C34H32N2/c1-25-11-15-29(16-12-25)35(33-9-5-7-27(3)23-33)31-19-21-32(22-20-31)36(30-17-13-26(2)14-18-30)34-10-6-8-28(4)24-34/h5-24H,1-4H3. The van der Waals surface area contributed by atoms with Gasteiger partial charge in [0.15, 0.2) is 0 Å². The van der Waals surface area contributed by atoms with Crippen molar-refractivity contribution in [1.29, 1.82) is 0 Å². The van der Waals surface area contributed by atoms with Crippen LogP contribution in [-0.2, 0) is 0 Å². The minimum absolute atomic E-state index is 1.13. The van der Waals surface area contributed by atoms with Crippen molar-refractivity contribution >= 4 is 34.1 Å². The molecule has 178 valence electrons. The summed E-state index contributed by atoms with van der Waals surface area (Å²) in [4.78, 5) is 4.64.